The van der Waals surface area contributed by atoms with Crippen LogP contribution in [0.5, 0.6) is 0 Å². The Kier molecular flexibility index (Phi) is 6.25. The second-order valence-electron chi connectivity index (χ2n) is 6.46. The lowest BCUT2D eigenvalue weighted by atomic mass is 10.0. The molecule has 1 saturated heterocycles. The summed E-state index contributed by atoms with van der Waals surface area (Å²) in [4.78, 5) is 13.7. The lowest BCUT2D eigenvalue weighted by Crippen LogP contribution is -3.17. The molecule has 0 saturated carbocycles. The van der Waals surface area contributed by atoms with Crippen molar-refractivity contribution in [2.75, 3.05) is 32.5 Å². The molecule has 134 valence electrons. The molecule has 2 N–H and O–H groups in total. The summed E-state index contributed by atoms with van der Waals surface area (Å²) in [6.45, 7) is 3.50. The maximum absolute atomic E-state index is 12.3. The van der Waals surface area contributed by atoms with Crippen LogP contribution in [0.2, 0.25) is 5.02 Å². The van der Waals surface area contributed by atoms with Gasteiger partial charge in [0.15, 0.2) is 6.54 Å². The first kappa shape index (κ1) is 19.2. The number of piperidine rings is 1. The van der Waals surface area contributed by atoms with Crippen LogP contribution in [0.25, 0.3) is 0 Å². The topological polar surface area (TPSA) is 70.9 Å². The Labute approximate surface area is 148 Å². The van der Waals surface area contributed by atoms with Crippen LogP contribution in [0, 0.1) is 0 Å². The fourth-order valence-corrected chi connectivity index (χ4v) is 3.98. The zero-order valence-corrected chi connectivity index (χ0v) is 15.9. The quantitative estimate of drug-likeness (QED) is 0.807. The number of benzene rings is 1. The molecular formula is C16H25ClN3O3S+. The van der Waals surface area contributed by atoms with E-state index in [1.807, 2.05) is 0 Å². The zero-order chi connectivity index (χ0) is 17.9. The van der Waals surface area contributed by atoms with Gasteiger partial charge < -0.3 is 10.2 Å². The average molecular weight is 375 g/mol. The number of sulfonamides is 1. The van der Waals surface area contributed by atoms with Crippen LogP contribution >= 0.6 is 11.6 Å². The van der Waals surface area contributed by atoms with Crippen LogP contribution in [0.3, 0.4) is 0 Å². The molecule has 2 atom stereocenters. The highest BCUT2D eigenvalue weighted by Gasteiger charge is 2.25. The zero-order valence-electron chi connectivity index (χ0n) is 14.3. The first-order valence-corrected chi connectivity index (χ1v) is 9.90. The van der Waals surface area contributed by atoms with E-state index in [0.29, 0.717) is 23.3 Å². The summed E-state index contributed by atoms with van der Waals surface area (Å²) >= 11 is 6.11. The van der Waals surface area contributed by atoms with Gasteiger partial charge >= 0.3 is 0 Å². The molecule has 1 aliphatic rings. The first-order valence-electron chi connectivity index (χ1n) is 8.08. The fraction of sp³-hybridized carbons (Fsp3) is 0.562. The summed E-state index contributed by atoms with van der Waals surface area (Å²) in [6, 6.07) is 4.79. The normalized spacial score (nSPS) is 21.7. The molecule has 0 aromatic heterocycles. The molecule has 1 unspecified atom stereocenters. The number of nitrogens with one attached hydrogen (secondary N) is 2. The average Bonchev–Trinajstić information content (AvgIpc) is 2.51. The maximum Gasteiger partial charge on any atom is 0.279 e. The molecule has 8 heteroatoms. The van der Waals surface area contributed by atoms with Crippen molar-refractivity contribution in [3.8, 4) is 0 Å². The summed E-state index contributed by atoms with van der Waals surface area (Å²) in [5.41, 5.74) is 0.327. The van der Waals surface area contributed by atoms with Crippen molar-refractivity contribution < 1.29 is 18.1 Å². The number of nitrogens with zero attached hydrogens (tertiary/aromatic N) is 1. The molecule has 0 bridgehead atoms. The lowest BCUT2D eigenvalue weighted by molar-refractivity contribution is -0.920. The predicted octanol–water partition coefficient (Wildman–Crippen LogP) is 0.986. The highest BCUT2D eigenvalue weighted by Crippen LogP contribution is 2.26. The number of carbonyl (C=O) groups is 1. The van der Waals surface area contributed by atoms with E-state index in [0.717, 1.165) is 23.7 Å². The largest absolute Gasteiger partial charge is 0.325 e. The van der Waals surface area contributed by atoms with Crippen LogP contribution in [-0.4, -0.2) is 51.9 Å². The van der Waals surface area contributed by atoms with Crippen molar-refractivity contribution in [3.63, 3.8) is 0 Å². The highest BCUT2D eigenvalue weighted by atomic mass is 35.5. The molecular weight excluding hydrogens is 350 g/mol. The molecule has 24 heavy (non-hydrogen) atoms. The summed E-state index contributed by atoms with van der Waals surface area (Å²) in [7, 11) is -0.647. The third-order valence-electron chi connectivity index (χ3n) is 4.46. The van der Waals surface area contributed by atoms with E-state index >= 15 is 0 Å². The minimum atomic E-state index is -3.57. The van der Waals surface area contributed by atoms with Gasteiger partial charge in [0.25, 0.3) is 5.91 Å². The predicted molar refractivity (Wildman–Crippen MR) is 95.0 cm³/mol. The molecule has 1 aromatic rings. The number of hydrogen-bond donors (Lipinski definition) is 2. The van der Waals surface area contributed by atoms with Gasteiger partial charge in [-0.3, -0.25) is 4.79 Å². The van der Waals surface area contributed by atoms with Gasteiger partial charge in [-0.05, 0) is 44.4 Å². The van der Waals surface area contributed by atoms with Crippen LogP contribution in [0.15, 0.2) is 23.1 Å². The molecule has 6 nitrogen and oxygen atoms in total. The second-order valence-corrected chi connectivity index (χ2v) is 9.02. The molecule has 1 heterocycles. The van der Waals surface area contributed by atoms with Crippen molar-refractivity contribution in [1.29, 1.82) is 0 Å². The van der Waals surface area contributed by atoms with E-state index in [9.17, 15) is 13.2 Å². The number of likely N-dealkylation sites (tertiary alicyclic amines) is 1. The number of halogens is 1. The number of quaternary nitrogens is 1. The van der Waals surface area contributed by atoms with Crippen LogP contribution in [0.1, 0.15) is 26.2 Å². The Morgan fingerprint density at radius 2 is 2.08 bits per heavy atom. The number of rotatable bonds is 5. The SMILES string of the molecule is C[C@@H]1CCCC[NH+]1CC(=O)Nc1cc(S(=O)(=O)N(C)C)ccc1Cl. The Morgan fingerprint density at radius 3 is 2.71 bits per heavy atom. The Hall–Kier alpha value is -1.15. The molecule has 0 radical (unpaired) electrons. The summed E-state index contributed by atoms with van der Waals surface area (Å²) in [6.07, 6.45) is 3.47. The first-order chi connectivity index (χ1) is 11.2. The van der Waals surface area contributed by atoms with Crippen LogP contribution in [0.4, 0.5) is 5.69 Å². The fourth-order valence-electron chi connectivity index (χ4n) is 2.89. The molecule has 1 aromatic carbocycles. The van der Waals surface area contributed by atoms with E-state index in [1.54, 1.807) is 0 Å². The highest BCUT2D eigenvalue weighted by molar-refractivity contribution is 7.89. The second kappa shape index (κ2) is 7.82. The molecule has 0 aliphatic carbocycles. The standard InChI is InChI=1S/C16H24ClN3O3S/c1-12-6-4-5-9-20(12)11-16(21)18-15-10-13(7-8-14(15)17)24(22,23)19(2)3/h7-8,10,12H,4-6,9,11H2,1-3H3,(H,18,21)/p+1/t12-/m1/s1. The third kappa shape index (κ3) is 4.47. The number of anilines is 1. The van der Waals surface area contributed by atoms with Gasteiger partial charge in [0.2, 0.25) is 10.0 Å². The lowest BCUT2D eigenvalue weighted by Gasteiger charge is -2.29. The van der Waals surface area contributed by atoms with Gasteiger partial charge in [-0.15, -0.1) is 0 Å². The Morgan fingerprint density at radius 1 is 1.38 bits per heavy atom. The minimum Gasteiger partial charge on any atom is -0.325 e. The van der Waals surface area contributed by atoms with Crippen molar-refractivity contribution in [1.82, 2.24) is 4.31 Å². The summed E-state index contributed by atoms with van der Waals surface area (Å²) < 4.78 is 25.5. The Bertz CT molecular complexity index is 707. The van der Waals surface area contributed by atoms with Crippen LogP contribution in [-0.2, 0) is 14.8 Å². The van der Waals surface area contributed by atoms with Gasteiger partial charge in [-0.25, -0.2) is 12.7 Å². The monoisotopic (exact) mass is 374 g/mol. The maximum atomic E-state index is 12.3. The van der Waals surface area contributed by atoms with Crippen molar-refractivity contribution in [2.45, 2.75) is 37.1 Å². The third-order valence-corrected chi connectivity index (χ3v) is 6.60. The smallest absolute Gasteiger partial charge is 0.279 e. The number of hydrogen-bond acceptors (Lipinski definition) is 3. The summed E-state index contributed by atoms with van der Waals surface area (Å²) in [5.74, 6) is -0.153. The van der Waals surface area contributed by atoms with E-state index in [-0.39, 0.29) is 10.8 Å². The van der Waals surface area contributed by atoms with E-state index < -0.39 is 10.0 Å². The van der Waals surface area contributed by atoms with Crippen LogP contribution < -0.4 is 10.2 Å². The summed E-state index contributed by atoms with van der Waals surface area (Å²) in [5, 5.41) is 3.08. The van der Waals surface area contributed by atoms with E-state index in [2.05, 4.69) is 12.2 Å². The number of carbonyl (C=O) groups excluding carboxylic acids is 1. The minimum absolute atomic E-state index is 0.103. The molecule has 2 rings (SSSR count). The molecule has 1 aliphatic heterocycles. The molecule has 0 spiro atoms. The van der Waals surface area contributed by atoms with Crippen molar-refractivity contribution >= 4 is 33.2 Å². The molecule has 1 amide bonds. The van der Waals surface area contributed by atoms with Crippen molar-refractivity contribution in [2.24, 2.45) is 0 Å². The van der Waals surface area contributed by atoms with Gasteiger partial charge in [0.05, 0.1) is 28.2 Å². The molecule has 1 fully saturated rings. The number of amides is 1. The van der Waals surface area contributed by atoms with Gasteiger partial charge in [-0.1, -0.05) is 11.6 Å². The van der Waals surface area contributed by atoms with Gasteiger partial charge in [0, 0.05) is 14.1 Å². The Balaban J connectivity index is 2.13. The van der Waals surface area contributed by atoms with Crippen molar-refractivity contribution in [3.05, 3.63) is 23.2 Å². The van der Waals surface area contributed by atoms with E-state index in [1.165, 1.54) is 43.6 Å². The van der Waals surface area contributed by atoms with Gasteiger partial charge in [-0.2, -0.15) is 0 Å². The van der Waals surface area contributed by atoms with Gasteiger partial charge in [0.1, 0.15) is 0 Å². The van der Waals surface area contributed by atoms with E-state index in [4.69, 9.17) is 11.6 Å².